The molecule has 1 amide bonds. The smallest absolute Gasteiger partial charge is 0.409 e. The second-order valence-corrected chi connectivity index (χ2v) is 7.02. The molecule has 2 aliphatic rings. The summed E-state index contributed by atoms with van der Waals surface area (Å²) < 4.78 is 17.0. The number of piperidine rings is 2. The molecule has 1 atom stereocenters. The zero-order valence-corrected chi connectivity index (χ0v) is 14.8. The van der Waals surface area contributed by atoms with Crippen molar-refractivity contribution in [2.75, 3.05) is 32.9 Å². The first-order valence-corrected chi connectivity index (χ1v) is 9.38. The van der Waals surface area contributed by atoms with Crippen LogP contribution in [0.2, 0.25) is 0 Å². The zero-order valence-electron chi connectivity index (χ0n) is 14.8. The highest BCUT2D eigenvalue weighted by atomic mass is 19.1. The highest BCUT2D eigenvalue weighted by Crippen LogP contribution is 2.31. The molecule has 1 unspecified atom stereocenters. The van der Waals surface area contributed by atoms with Crippen LogP contribution in [0.4, 0.5) is 9.18 Å². The number of carbonyl (C=O) groups excluding carboxylic acids is 1. The lowest BCUT2D eigenvalue weighted by Crippen LogP contribution is -2.48. The van der Waals surface area contributed by atoms with Crippen molar-refractivity contribution < 1.29 is 13.9 Å². The minimum Gasteiger partial charge on any atom is -0.447 e. The molecule has 0 spiro atoms. The summed E-state index contributed by atoms with van der Waals surface area (Å²) in [5.74, 6) is 0.613. The molecule has 0 saturated carbocycles. The highest BCUT2D eigenvalue weighted by molar-refractivity contribution is 5.67. The number of rotatable bonds is 5. The van der Waals surface area contributed by atoms with Crippen LogP contribution in [0.15, 0.2) is 24.5 Å². The van der Waals surface area contributed by atoms with Crippen molar-refractivity contribution in [3.05, 3.63) is 30.1 Å². The van der Waals surface area contributed by atoms with Gasteiger partial charge in [0.15, 0.2) is 0 Å². The standard InChI is InChI=1S/C19H28FN3O2/c20-8-13-25-19(24)22-11-6-17(7-12-22)18-5-1-2-10-23(18)15-16-4-3-9-21-14-16/h3-4,9,14,17-18H,1-2,5-8,10-13,15H2. The predicted molar refractivity (Wildman–Crippen MR) is 93.9 cm³/mol. The predicted octanol–water partition coefficient (Wildman–Crippen LogP) is 3.25. The number of halogens is 1. The Morgan fingerprint density at radius 1 is 1.24 bits per heavy atom. The Kier molecular flexibility index (Phi) is 6.62. The lowest BCUT2D eigenvalue weighted by molar-refractivity contribution is 0.0448. The van der Waals surface area contributed by atoms with Crippen LogP contribution in [0, 0.1) is 5.92 Å². The molecule has 6 heteroatoms. The summed E-state index contributed by atoms with van der Waals surface area (Å²) >= 11 is 0. The van der Waals surface area contributed by atoms with Gasteiger partial charge >= 0.3 is 6.09 Å². The Labute approximate surface area is 149 Å². The second-order valence-electron chi connectivity index (χ2n) is 7.02. The quantitative estimate of drug-likeness (QED) is 0.819. The molecular formula is C19H28FN3O2. The number of ether oxygens (including phenoxy) is 1. The van der Waals surface area contributed by atoms with E-state index in [0.717, 1.165) is 25.9 Å². The monoisotopic (exact) mass is 349 g/mol. The van der Waals surface area contributed by atoms with Crippen molar-refractivity contribution in [2.24, 2.45) is 5.92 Å². The molecule has 0 radical (unpaired) electrons. The first kappa shape index (κ1) is 18.1. The molecule has 0 N–H and O–H groups in total. The molecule has 0 bridgehead atoms. The number of carbonyl (C=O) groups is 1. The van der Waals surface area contributed by atoms with Crippen LogP contribution >= 0.6 is 0 Å². The van der Waals surface area contributed by atoms with Crippen LogP contribution in [0.5, 0.6) is 0 Å². The summed E-state index contributed by atoms with van der Waals surface area (Å²) in [7, 11) is 0. The third-order valence-electron chi connectivity index (χ3n) is 5.42. The van der Waals surface area contributed by atoms with Crippen LogP contribution < -0.4 is 0 Å². The molecule has 138 valence electrons. The molecule has 25 heavy (non-hydrogen) atoms. The summed E-state index contributed by atoms with van der Waals surface area (Å²) in [5.41, 5.74) is 1.27. The number of amides is 1. The molecule has 3 rings (SSSR count). The van der Waals surface area contributed by atoms with E-state index in [2.05, 4.69) is 16.0 Å². The van der Waals surface area contributed by atoms with Crippen molar-refractivity contribution >= 4 is 6.09 Å². The maximum atomic E-state index is 12.1. The van der Waals surface area contributed by atoms with Crippen molar-refractivity contribution in [3.8, 4) is 0 Å². The number of hydrogen-bond donors (Lipinski definition) is 0. The fraction of sp³-hybridized carbons (Fsp3) is 0.684. The Hall–Kier alpha value is -1.69. The molecule has 0 aliphatic carbocycles. The van der Waals surface area contributed by atoms with Gasteiger partial charge in [-0.3, -0.25) is 9.88 Å². The van der Waals surface area contributed by atoms with Gasteiger partial charge in [-0.05, 0) is 49.8 Å². The topological polar surface area (TPSA) is 45.7 Å². The highest BCUT2D eigenvalue weighted by Gasteiger charge is 2.33. The molecule has 2 saturated heterocycles. The van der Waals surface area contributed by atoms with E-state index in [0.29, 0.717) is 25.0 Å². The van der Waals surface area contributed by atoms with Gasteiger partial charge in [-0.25, -0.2) is 9.18 Å². The zero-order chi connectivity index (χ0) is 17.5. The van der Waals surface area contributed by atoms with Crippen LogP contribution in [-0.4, -0.2) is 59.8 Å². The van der Waals surface area contributed by atoms with Crippen LogP contribution in [-0.2, 0) is 11.3 Å². The van der Waals surface area contributed by atoms with Gasteiger partial charge in [-0.1, -0.05) is 12.5 Å². The number of likely N-dealkylation sites (tertiary alicyclic amines) is 2. The van der Waals surface area contributed by atoms with Gasteiger partial charge in [0.05, 0.1) is 0 Å². The SMILES string of the molecule is O=C(OCCF)N1CCC(C2CCCCN2Cc2cccnc2)CC1. The summed E-state index contributed by atoms with van der Waals surface area (Å²) in [6.07, 6.45) is 9.17. The molecule has 1 aromatic rings. The number of alkyl halides is 1. The second kappa shape index (κ2) is 9.13. The Morgan fingerprint density at radius 2 is 2.08 bits per heavy atom. The van der Waals surface area contributed by atoms with Gasteiger partial charge in [0.1, 0.15) is 13.3 Å². The van der Waals surface area contributed by atoms with Crippen molar-refractivity contribution in [1.82, 2.24) is 14.8 Å². The van der Waals surface area contributed by atoms with Crippen molar-refractivity contribution in [3.63, 3.8) is 0 Å². The van der Waals surface area contributed by atoms with E-state index in [4.69, 9.17) is 4.74 Å². The van der Waals surface area contributed by atoms with Gasteiger partial charge in [0.2, 0.25) is 0 Å². The third kappa shape index (κ3) is 4.91. The molecule has 1 aromatic heterocycles. The molecule has 3 heterocycles. The van der Waals surface area contributed by atoms with E-state index >= 15 is 0 Å². The fourth-order valence-electron chi connectivity index (χ4n) is 4.16. The molecular weight excluding hydrogens is 321 g/mol. The van der Waals surface area contributed by atoms with Gasteiger partial charge < -0.3 is 9.64 Å². The summed E-state index contributed by atoms with van der Waals surface area (Å²) in [6.45, 7) is 2.77. The number of hydrogen-bond acceptors (Lipinski definition) is 4. The van der Waals surface area contributed by atoms with Crippen LogP contribution in [0.3, 0.4) is 0 Å². The van der Waals surface area contributed by atoms with Gasteiger partial charge in [0.25, 0.3) is 0 Å². The van der Waals surface area contributed by atoms with Gasteiger partial charge in [-0.15, -0.1) is 0 Å². The number of aromatic nitrogens is 1. The largest absolute Gasteiger partial charge is 0.447 e. The number of pyridine rings is 1. The lowest BCUT2D eigenvalue weighted by atomic mass is 9.83. The van der Waals surface area contributed by atoms with Crippen LogP contribution in [0.1, 0.15) is 37.7 Å². The Morgan fingerprint density at radius 3 is 2.80 bits per heavy atom. The first-order chi connectivity index (χ1) is 12.3. The summed E-state index contributed by atoms with van der Waals surface area (Å²) in [5, 5.41) is 0. The minimum absolute atomic E-state index is 0.139. The maximum Gasteiger partial charge on any atom is 0.409 e. The van der Waals surface area contributed by atoms with E-state index in [-0.39, 0.29) is 12.7 Å². The Bertz CT molecular complexity index is 535. The molecule has 2 aliphatic heterocycles. The molecule has 5 nitrogen and oxygen atoms in total. The van der Waals surface area contributed by atoms with Crippen molar-refractivity contribution in [2.45, 2.75) is 44.7 Å². The van der Waals surface area contributed by atoms with Gasteiger partial charge in [0, 0.05) is 38.1 Å². The van der Waals surface area contributed by atoms with Crippen LogP contribution in [0.25, 0.3) is 0 Å². The van der Waals surface area contributed by atoms with Gasteiger partial charge in [-0.2, -0.15) is 0 Å². The van der Waals surface area contributed by atoms with E-state index in [1.807, 2.05) is 18.5 Å². The van der Waals surface area contributed by atoms with E-state index in [9.17, 15) is 9.18 Å². The first-order valence-electron chi connectivity index (χ1n) is 9.38. The molecule has 2 fully saturated rings. The average molecular weight is 349 g/mol. The van der Waals surface area contributed by atoms with E-state index < -0.39 is 6.67 Å². The van der Waals surface area contributed by atoms with E-state index in [1.165, 1.54) is 24.8 Å². The summed E-state index contributed by atoms with van der Waals surface area (Å²) in [4.78, 5) is 20.4. The maximum absolute atomic E-state index is 12.1. The van der Waals surface area contributed by atoms with E-state index in [1.54, 1.807) is 4.90 Å². The summed E-state index contributed by atoms with van der Waals surface area (Å²) in [6, 6.07) is 4.72. The Balaban J connectivity index is 1.54. The normalized spacial score (nSPS) is 22.8. The third-order valence-corrected chi connectivity index (χ3v) is 5.42. The lowest BCUT2D eigenvalue weighted by Gasteiger charge is -2.43. The number of nitrogens with zero attached hydrogens (tertiary/aromatic N) is 3. The minimum atomic E-state index is -0.617. The van der Waals surface area contributed by atoms with Crippen molar-refractivity contribution in [1.29, 1.82) is 0 Å². The average Bonchev–Trinajstić information content (AvgIpc) is 2.67. The fourth-order valence-corrected chi connectivity index (χ4v) is 4.16. The molecule has 0 aromatic carbocycles.